The Balaban J connectivity index is 2.97. The maximum atomic E-state index is 11.7. The van der Waals surface area contributed by atoms with Crippen LogP contribution in [0.2, 0.25) is 0 Å². The number of ketones is 1. The molecule has 0 fully saturated rings. The zero-order valence-electron chi connectivity index (χ0n) is 12.2. The molecule has 0 radical (unpaired) electrons. The van der Waals surface area contributed by atoms with Crippen LogP contribution in [0.15, 0.2) is 15.7 Å². The molecule has 1 aromatic rings. The number of nitrogens with one attached hydrogen (secondary N) is 2. The lowest BCUT2D eigenvalue weighted by Crippen LogP contribution is -2.42. The largest absolute Gasteiger partial charge is 0.475 e. The highest BCUT2D eigenvalue weighted by Gasteiger charge is 2.25. The summed E-state index contributed by atoms with van der Waals surface area (Å²) in [6.45, 7) is -0.0987. The molecule has 0 amide bonds. The lowest BCUT2D eigenvalue weighted by Gasteiger charge is -2.21. The third kappa shape index (κ3) is 5.45. The van der Waals surface area contributed by atoms with Gasteiger partial charge < -0.3 is 25.2 Å². The summed E-state index contributed by atoms with van der Waals surface area (Å²) in [5.74, 6) is -0.663. The van der Waals surface area contributed by atoms with Crippen molar-refractivity contribution in [1.82, 2.24) is 9.97 Å². The number of hydrogen-bond donors (Lipinski definition) is 6. The molecule has 0 aromatic carbocycles. The zero-order valence-corrected chi connectivity index (χ0v) is 12.2. The third-order valence-corrected chi connectivity index (χ3v) is 2.80. The molecular formula is C13H18N2O8. The van der Waals surface area contributed by atoms with Gasteiger partial charge >= 0.3 is 5.69 Å². The van der Waals surface area contributed by atoms with E-state index in [1.807, 2.05) is 4.98 Å². The number of H-pyrrole nitrogens is 2. The average Bonchev–Trinajstić information content (AvgIpc) is 2.49. The van der Waals surface area contributed by atoms with Crippen molar-refractivity contribution in [2.24, 2.45) is 0 Å². The van der Waals surface area contributed by atoms with Gasteiger partial charge in [0.2, 0.25) is 5.88 Å². The maximum absolute atomic E-state index is 11.7. The summed E-state index contributed by atoms with van der Waals surface area (Å²) in [6.07, 6.45) is -2.66. The monoisotopic (exact) mass is 330 g/mol. The van der Waals surface area contributed by atoms with Gasteiger partial charge in [-0.2, -0.15) is 0 Å². The summed E-state index contributed by atoms with van der Waals surface area (Å²) >= 11 is 0. The van der Waals surface area contributed by atoms with Gasteiger partial charge in [0, 0.05) is 0 Å². The van der Waals surface area contributed by atoms with Gasteiger partial charge in [-0.05, 0) is 19.1 Å². The summed E-state index contributed by atoms with van der Waals surface area (Å²) in [6, 6.07) is 0. The van der Waals surface area contributed by atoms with Crippen molar-refractivity contribution in [3.63, 3.8) is 0 Å². The fourth-order valence-electron chi connectivity index (χ4n) is 1.57. The predicted molar refractivity (Wildman–Crippen MR) is 78.0 cm³/mol. The second kappa shape index (κ2) is 8.39. The summed E-state index contributed by atoms with van der Waals surface area (Å²) in [7, 11) is 0. The van der Waals surface area contributed by atoms with E-state index in [4.69, 9.17) is 9.84 Å². The van der Waals surface area contributed by atoms with Crippen LogP contribution in [0.4, 0.5) is 0 Å². The molecule has 23 heavy (non-hydrogen) atoms. The zero-order chi connectivity index (χ0) is 17.6. The Morgan fingerprint density at radius 3 is 2.43 bits per heavy atom. The Morgan fingerprint density at radius 2 is 1.87 bits per heavy atom. The van der Waals surface area contributed by atoms with Gasteiger partial charge in [-0.15, -0.1) is 0 Å². The molecule has 1 rings (SSSR count). The predicted octanol–water partition coefficient (Wildman–Crippen LogP) is -2.88. The van der Waals surface area contributed by atoms with Crippen molar-refractivity contribution >= 4 is 11.9 Å². The van der Waals surface area contributed by atoms with E-state index in [9.17, 15) is 29.7 Å². The number of aliphatic hydroxyl groups is 4. The van der Waals surface area contributed by atoms with Crippen LogP contribution in [0.25, 0.3) is 6.08 Å². The third-order valence-electron chi connectivity index (χ3n) is 2.80. The van der Waals surface area contributed by atoms with Crippen LogP contribution in [-0.4, -0.2) is 67.7 Å². The van der Waals surface area contributed by atoms with E-state index in [1.54, 1.807) is 0 Å². The van der Waals surface area contributed by atoms with Gasteiger partial charge in [-0.3, -0.25) is 19.6 Å². The SMILES string of the molecule is CC(=O)C=Cc1c(OCC(O)C(O)C(O)CO)[nH]c(=O)[nH]c1=O. The smallest absolute Gasteiger partial charge is 0.328 e. The van der Waals surface area contributed by atoms with E-state index in [2.05, 4.69) is 4.98 Å². The number of aliphatic hydroxyl groups excluding tert-OH is 4. The van der Waals surface area contributed by atoms with Crippen molar-refractivity contribution in [3.05, 3.63) is 32.5 Å². The molecular weight excluding hydrogens is 312 g/mol. The Labute approximate surface area is 129 Å². The lowest BCUT2D eigenvalue weighted by atomic mass is 10.1. The Morgan fingerprint density at radius 1 is 1.22 bits per heavy atom. The quantitative estimate of drug-likeness (QED) is 0.276. The first-order valence-corrected chi connectivity index (χ1v) is 6.59. The molecule has 0 saturated heterocycles. The van der Waals surface area contributed by atoms with Crippen LogP contribution >= 0.6 is 0 Å². The number of rotatable bonds is 8. The van der Waals surface area contributed by atoms with Crippen LogP contribution in [0.5, 0.6) is 5.88 Å². The van der Waals surface area contributed by atoms with Gasteiger partial charge in [-0.1, -0.05) is 0 Å². The summed E-state index contributed by atoms with van der Waals surface area (Å²) in [5, 5.41) is 37.0. The molecule has 1 aromatic heterocycles. The van der Waals surface area contributed by atoms with Crippen molar-refractivity contribution in [2.75, 3.05) is 13.2 Å². The first kappa shape index (κ1) is 18.8. The van der Waals surface area contributed by atoms with Gasteiger partial charge in [0.15, 0.2) is 5.78 Å². The highest BCUT2D eigenvalue weighted by molar-refractivity contribution is 5.91. The van der Waals surface area contributed by atoms with Crippen LogP contribution < -0.4 is 16.0 Å². The number of carbonyl (C=O) groups excluding carboxylic acids is 1. The van der Waals surface area contributed by atoms with Crippen molar-refractivity contribution in [2.45, 2.75) is 25.2 Å². The minimum Gasteiger partial charge on any atom is -0.475 e. The van der Waals surface area contributed by atoms with E-state index in [-0.39, 0.29) is 17.2 Å². The standard InChI is InChI=1S/C13H18N2O8/c1-6(17)2-3-7-11(21)14-13(22)15-12(7)23-5-9(19)10(20)8(18)4-16/h2-3,8-10,16,18-20H,4-5H2,1H3,(H2,14,15,21,22). The molecule has 0 aliphatic carbocycles. The molecule has 0 saturated carbocycles. The van der Waals surface area contributed by atoms with Gasteiger partial charge in [0.25, 0.3) is 5.56 Å². The molecule has 0 aliphatic heterocycles. The molecule has 6 N–H and O–H groups in total. The van der Waals surface area contributed by atoms with Crippen LogP contribution in [0.3, 0.4) is 0 Å². The molecule has 1 heterocycles. The van der Waals surface area contributed by atoms with E-state index < -0.39 is 42.8 Å². The lowest BCUT2D eigenvalue weighted by molar-refractivity contribution is -0.112. The average molecular weight is 330 g/mol. The van der Waals surface area contributed by atoms with Gasteiger partial charge in [0.05, 0.1) is 6.61 Å². The number of carbonyl (C=O) groups is 1. The first-order chi connectivity index (χ1) is 10.8. The number of aromatic nitrogens is 2. The minimum absolute atomic E-state index is 0.163. The van der Waals surface area contributed by atoms with Crippen molar-refractivity contribution in [1.29, 1.82) is 0 Å². The van der Waals surface area contributed by atoms with Crippen molar-refractivity contribution < 1.29 is 30.0 Å². The van der Waals surface area contributed by atoms with Gasteiger partial charge in [0.1, 0.15) is 30.5 Å². The number of aromatic amines is 2. The van der Waals surface area contributed by atoms with E-state index >= 15 is 0 Å². The summed E-state index contributed by atoms with van der Waals surface area (Å²) < 4.78 is 5.07. The maximum Gasteiger partial charge on any atom is 0.328 e. The second-order valence-electron chi connectivity index (χ2n) is 4.71. The number of allylic oxidation sites excluding steroid dienone is 1. The molecule has 10 nitrogen and oxygen atoms in total. The first-order valence-electron chi connectivity index (χ1n) is 6.59. The molecule has 3 unspecified atom stereocenters. The summed E-state index contributed by atoms with van der Waals surface area (Å²) in [5.41, 5.74) is -1.84. The number of ether oxygens (including phenoxy) is 1. The highest BCUT2D eigenvalue weighted by atomic mass is 16.5. The Hall–Kier alpha value is -2.27. The topological polar surface area (TPSA) is 173 Å². The normalized spacial score (nSPS) is 15.3. The van der Waals surface area contributed by atoms with E-state index in [0.717, 1.165) is 12.2 Å². The minimum atomic E-state index is -1.69. The Bertz CT molecular complexity index is 677. The molecule has 0 spiro atoms. The van der Waals surface area contributed by atoms with E-state index in [0.29, 0.717) is 0 Å². The van der Waals surface area contributed by atoms with Gasteiger partial charge in [-0.25, -0.2) is 4.79 Å². The molecule has 0 bridgehead atoms. The second-order valence-corrected chi connectivity index (χ2v) is 4.71. The number of hydrogen-bond acceptors (Lipinski definition) is 8. The molecule has 128 valence electrons. The molecule has 0 aliphatic rings. The van der Waals surface area contributed by atoms with E-state index in [1.165, 1.54) is 6.92 Å². The fraction of sp³-hybridized carbons (Fsp3) is 0.462. The van der Waals surface area contributed by atoms with Crippen molar-refractivity contribution in [3.8, 4) is 5.88 Å². The summed E-state index contributed by atoms with van der Waals surface area (Å²) in [4.78, 5) is 38.0. The molecule has 3 atom stereocenters. The highest BCUT2D eigenvalue weighted by Crippen LogP contribution is 2.11. The molecule has 10 heteroatoms. The van der Waals surface area contributed by atoms with Crippen LogP contribution in [-0.2, 0) is 4.79 Å². The van der Waals surface area contributed by atoms with Crippen LogP contribution in [0.1, 0.15) is 12.5 Å². The fourth-order valence-corrected chi connectivity index (χ4v) is 1.57. The Kier molecular flexibility index (Phi) is 6.85. The van der Waals surface area contributed by atoms with Crippen LogP contribution in [0, 0.1) is 0 Å².